The van der Waals surface area contributed by atoms with E-state index >= 15 is 0 Å². The fraction of sp³-hybridized carbons (Fsp3) is 0.417. The van der Waals surface area contributed by atoms with Gasteiger partial charge in [0.2, 0.25) is 5.13 Å². The molecule has 0 amide bonds. The minimum absolute atomic E-state index is 0.0749. The molecule has 0 bridgehead atoms. The second-order valence-electron chi connectivity index (χ2n) is 4.46. The first-order valence-electron chi connectivity index (χ1n) is 6.14. The zero-order valence-corrected chi connectivity index (χ0v) is 11.1. The van der Waals surface area contributed by atoms with Crippen molar-refractivity contribution < 1.29 is 4.74 Å². The number of aromatic nitrogens is 3. The number of nitrogens with two attached hydrogens (primary N) is 1. The highest BCUT2D eigenvalue weighted by Gasteiger charge is 2.18. The highest BCUT2D eigenvalue weighted by atomic mass is 32.1. The van der Waals surface area contributed by atoms with Gasteiger partial charge in [-0.2, -0.15) is 0 Å². The van der Waals surface area contributed by atoms with Crippen LogP contribution in [0.4, 0.5) is 5.13 Å². The number of ether oxygens (including phenoxy) is 1. The molecule has 3 rings (SSSR count). The van der Waals surface area contributed by atoms with Crippen LogP contribution in [0.1, 0.15) is 12.8 Å². The van der Waals surface area contributed by atoms with E-state index < -0.39 is 0 Å². The lowest BCUT2D eigenvalue weighted by Gasteiger charge is -2.12. The normalized spacial score (nSPS) is 18.8. The highest BCUT2D eigenvalue weighted by molar-refractivity contribution is 7.18. The lowest BCUT2D eigenvalue weighted by Crippen LogP contribution is -2.26. The summed E-state index contributed by atoms with van der Waals surface area (Å²) in [5, 5.41) is 8.58. The van der Waals surface area contributed by atoms with Crippen LogP contribution in [0.15, 0.2) is 23.1 Å². The Kier molecular flexibility index (Phi) is 3.31. The molecule has 100 valence electrons. The third-order valence-electron chi connectivity index (χ3n) is 3.12. The van der Waals surface area contributed by atoms with Crippen LogP contribution < -0.4 is 11.3 Å². The van der Waals surface area contributed by atoms with Crippen LogP contribution in [0, 0.1) is 0 Å². The number of hydrogen-bond donors (Lipinski definition) is 1. The summed E-state index contributed by atoms with van der Waals surface area (Å²) in [6.45, 7) is 1.37. The van der Waals surface area contributed by atoms with Gasteiger partial charge in [-0.1, -0.05) is 11.3 Å². The van der Waals surface area contributed by atoms with Crippen molar-refractivity contribution in [2.75, 3.05) is 12.3 Å². The standard InChI is InChI=1S/C12H14N4O2S/c13-12-15-14-10(19-12)9-4-1-5-16(11(9)17)7-8-3-2-6-18-8/h1,4-5,8H,2-3,6-7H2,(H2,13,15). The molecule has 19 heavy (non-hydrogen) atoms. The summed E-state index contributed by atoms with van der Waals surface area (Å²) in [6.07, 6.45) is 3.97. The maximum absolute atomic E-state index is 12.4. The molecule has 1 saturated heterocycles. The summed E-state index contributed by atoms with van der Waals surface area (Å²) in [7, 11) is 0. The summed E-state index contributed by atoms with van der Waals surface area (Å²) >= 11 is 1.22. The van der Waals surface area contributed by atoms with Crippen molar-refractivity contribution in [3.8, 4) is 10.6 Å². The Morgan fingerprint density at radius 1 is 1.53 bits per heavy atom. The molecule has 3 heterocycles. The molecule has 7 heteroatoms. The Hall–Kier alpha value is -1.73. The molecule has 0 aromatic carbocycles. The van der Waals surface area contributed by atoms with Gasteiger partial charge in [-0.15, -0.1) is 10.2 Å². The van der Waals surface area contributed by atoms with Gasteiger partial charge in [-0.25, -0.2) is 0 Å². The van der Waals surface area contributed by atoms with Gasteiger partial charge >= 0.3 is 0 Å². The van der Waals surface area contributed by atoms with Crippen LogP contribution in [-0.2, 0) is 11.3 Å². The van der Waals surface area contributed by atoms with E-state index in [0.717, 1.165) is 19.4 Å². The van der Waals surface area contributed by atoms with Crippen molar-refractivity contribution in [2.45, 2.75) is 25.5 Å². The lowest BCUT2D eigenvalue weighted by molar-refractivity contribution is 0.0962. The largest absolute Gasteiger partial charge is 0.376 e. The van der Waals surface area contributed by atoms with Crippen LogP contribution in [0.3, 0.4) is 0 Å². The lowest BCUT2D eigenvalue weighted by atomic mass is 10.2. The molecular formula is C12H14N4O2S. The third-order valence-corrected chi connectivity index (χ3v) is 3.90. The summed E-state index contributed by atoms with van der Waals surface area (Å²) < 4.78 is 7.23. The molecule has 1 aliphatic heterocycles. The van der Waals surface area contributed by atoms with Gasteiger partial charge in [-0.05, 0) is 25.0 Å². The van der Waals surface area contributed by atoms with Crippen LogP contribution in [0.25, 0.3) is 10.6 Å². The first kappa shape index (κ1) is 12.3. The fourth-order valence-electron chi connectivity index (χ4n) is 2.19. The maximum Gasteiger partial charge on any atom is 0.261 e. The number of anilines is 1. The number of nitrogen functional groups attached to an aromatic ring is 1. The molecule has 1 unspecified atom stereocenters. The maximum atomic E-state index is 12.4. The first-order chi connectivity index (χ1) is 9.24. The van der Waals surface area contributed by atoms with Gasteiger partial charge in [0, 0.05) is 12.8 Å². The van der Waals surface area contributed by atoms with Crippen molar-refractivity contribution in [1.82, 2.24) is 14.8 Å². The molecule has 6 nitrogen and oxygen atoms in total. The summed E-state index contributed by atoms with van der Waals surface area (Å²) in [4.78, 5) is 12.4. The van der Waals surface area contributed by atoms with Crippen molar-refractivity contribution in [3.05, 3.63) is 28.7 Å². The van der Waals surface area contributed by atoms with Gasteiger partial charge in [-0.3, -0.25) is 4.79 Å². The number of hydrogen-bond acceptors (Lipinski definition) is 6. The minimum Gasteiger partial charge on any atom is -0.376 e. The Balaban J connectivity index is 1.92. The van der Waals surface area contributed by atoms with Crippen molar-refractivity contribution in [1.29, 1.82) is 0 Å². The molecule has 0 saturated carbocycles. The zero-order valence-electron chi connectivity index (χ0n) is 10.3. The Labute approximate surface area is 113 Å². The summed E-state index contributed by atoms with van der Waals surface area (Å²) in [5.41, 5.74) is 6.01. The van der Waals surface area contributed by atoms with E-state index in [-0.39, 0.29) is 11.7 Å². The first-order valence-corrected chi connectivity index (χ1v) is 6.96. The van der Waals surface area contributed by atoms with Crippen molar-refractivity contribution in [3.63, 3.8) is 0 Å². The number of pyridine rings is 1. The quantitative estimate of drug-likeness (QED) is 0.910. The predicted molar refractivity (Wildman–Crippen MR) is 73.0 cm³/mol. The smallest absolute Gasteiger partial charge is 0.261 e. The van der Waals surface area contributed by atoms with Gasteiger partial charge < -0.3 is 15.0 Å². The SMILES string of the molecule is Nc1nnc(-c2cccn(CC3CCCO3)c2=O)s1. The van der Waals surface area contributed by atoms with Crippen molar-refractivity contribution in [2.24, 2.45) is 0 Å². The molecule has 0 aliphatic carbocycles. The second kappa shape index (κ2) is 5.10. The number of nitrogens with zero attached hydrogens (tertiary/aromatic N) is 3. The molecule has 2 aromatic heterocycles. The van der Waals surface area contributed by atoms with Gasteiger partial charge in [0.05, 0.1) is 18.2 Å². The van der Waals surface area contributed by atoms with Crippen LogP contribution in [-0.4, -0.2) is 27.5 Å². The Morgan fingerprint density at radius 3 is 3.11 bits per heavy atom. The monoisotopic (exact) mass is 278 g/mol. The Morgan fingerprint density at radius 2 is 2.42 bits per heavy atom. The highest BCUT2D eigenvalue weighted by Crippen LogP contribution is 2.21. The van der Waals surface area contributed by atoms with Crippen LogP contribution >= 0.6 is 11.3 Å². The molecular weight excluding hydrogens is 264 g/mol. The summed E-state index contributed by atoms with van der Waals surface area (Å²) in [6, 6.07) is 3.58. The molecule has 2 N–H and O–H groups in total. The van der Waals surface area contributed by atoms with Crippen molar-refractivity contribution >= 4 is 16.5 Å². The fourth-order valence-corrected chi connectivity index (χ4v) is 2.82. The van der Waals surface area contributed by atoms with E-state index in [4.69, 9.17) is 10.5 Å². The third kappa shape index (κ3) is 2.52. The van der Waals surface area contributed by atoms with Gasteiger partial charge in [0.15, 0.2) is 5.01 Å². The molecule has 0 radical (unpaired) electrons. The van der Waals surface area contributed by atoms with E-state index in [9.17, 15) is 4.79 Å². The molecule has 0 spiro atoms. The molecule has 1 fully saturated rings. The topological polar surface area (TPSA) is 83.0 Å². The average molecular weight is 278 g/mol. The van der Waals surface area contributed by atoms with E-state index in [1.165, 1.54) is 11.3 Å². The second-order valence-corrected chi connectivity index (χ2v) is 5.47. The van der Waals surface area contributed by atoms with E-state index in [0.29, 0.717) is 22.2 Å². The molecule has 1 atom stereocenters. The average Bonchev–Trinajstić information content (AvgIpc) is 3.03. The van der Waals surface area contributed by atoms with Crippen LogP contribution in [0.5, 0.6) is 0 Å². The van der Waals surface area contributed by atoms with Gasteiger partial charge in [0.25, 0.3) is 5.56 Å². The molecule has 2 aromatic rings. The van der Waals surface area contributed by atoms with Gasteiger partial charge in [0.1, 0.15) is 0 Å². The number of rotatable bonds is 3. The van der Waals surface area contributed by atoms with E-state index in [2.05, 4.69) is 10.2 Å². The van der Waals surface area contributed by atoms with Crippen LogP contribution in [0.2, 0.25) is 0 Å². The Bertz CT molecular complexity index is 631. The van der Waals surface area contributed by atoms with E-state index in [1.54, 1.807) is 16.8 Å². The zero-order chi connectivity index (χ0) is 13.2. The van der Waals surface area contributed by atoms with E-state index in [1.807, 2.05) is 6.07 Å². The predicted octanol–water partition coefficient (Wildman–Crippen LogP) is 1.13. The minimum atomic E-state index is -0.0749. The summed E-state index contributed by atoms with van der Waals surface area (Å²) in [5.74, 6) is 0. The molecule has 1 aliphatic rings.